The van der Waals surface area contributed by atoms with E-state index in [1.54, 1.807) is 18.1 Å². The summed E-state index contributed by atoms with van der Waals surface area (Å²) in [7, 11) is 2.96. The third kappa shape index (κ3) is 7.31. The maximum atomic E-state index is 12.4. The molecule has 24 heavy (non-hydrogen) atoms. The number of ether oxygens (including phenoxy) is 2. The zero-order valence-corrected chi connectivity index (χ0v) is 14.8. The second kappa shape index (κ2) is 11.3. The van der Waals surface area contributed by atoms with Crippen LogP contribution in [0.2, 0.25) is 0 Å². The molecule has 0 saturated heterocycles. The van der Waals surface area contributed by atoms with Gasteiger partial charge in [-0.2, -0.15) is 0 Å². The number of carbonyl (C=O) groups is 2. The zero-order chi connectivity index (χ0) is 17.8. The summed E-state index contributed by atoms with van der Waals surface area (Å²) in [6.45, 7) is 3.13. The molecule has 0 spiro atoms. The van der Waals surface area contributed by atoms with E-state index in [1.807, 2.05) is 24.3 Å². The quantitative estimate of drug-likeness (QED) is 0.374. The van der Waals surface area contributed by atoms with Crippen LogP contribution in [0.15, 0.2) is 30.3 Å². The van der Waals surface area contributed by atoms with Crippen molar-refractivity contribution < 1.29 is 19.1 Å². The third-order valence-corrected chi connectivity index (χ3v) is 3.67. The Morgan fingerprint density at radius 3 is 2.62 bits per heavy atom. The largest absolute Gasteiger partial charge is 0.497 e. The van der Waals surface area contributed by atoms with Crippen molar-refractivity contribution >= 4 is 18.0 Å². The standard InChI is InChI=1S/C19H27NO4/c1-4-5-6-13-20(14-12-19(22)24-3)18(21)11-10-16-8-7-9-17(15-16)23-2/h7-11,15H,4-6,12-14H2,1-3H3/b11-10+. The number of unbranched alkanes of at least 4 members (excludes halogenated alkanes) is 2. The minimum Gasteiger partial charge on any atom is -0.497 e. The van der Waals surface area contributed by atoms with Gasteiger partial charge in [0, 0.05) is 19.2 Å². The Hall–Kier alpha value is -2.30. The summed E-state index contributed by atoms with van der Waals surface area (Å²) in [6, 6.07) is 7.49. The van der Waals surface area contributed by atoms with Gasteiger partial charge in [0.25, 0.3) is 0 Å². The Morgan fingerprint density at radius 1 is 1.17 bits per heavy atom. The van der Waals surface area contributed by atoms with Crippen LogP contribution in [-0.4, -0.2) is 44.1 Å². The van der Waals surface area contributed by atoms with Crippen LogP contribution in [0, 0.1) is 0 Å². The predicted octanol–water partition coefficient (Wildman–Crippen LogP) is 3.29. The van der Waals surface area contributed by atoms with Crippen molar-refractivity contribution in [2.45, 2.75) is 32.6 Å². The average molecular weight is 333 g/mol. The van der Waals surface area contributed by atoms with E-state index in [-0.39, 0.29) is 18.3 Å². The minimum absolute atomic E-state index is 0.0992. The van der Waals surface area contributed by atoms with Gasteiger partial charge in [0.15, 0.2) is 0 Å². The van der Waals surface area contributed by atoms with Gasteiger partial charge in [-0.3, -0.25) is 9.59 Å². The molecule has 1 aromatic rings. The number of hydrogen-bond acceptors (Lipinski definition) is 4. The van der Waals surface area contributed by atoms with Crippen LogP contribution in [0.4, 0.5) is 0 Å². The first-order valence-corrected chi connectivity index (χ1v) is 8.28. The van der Waals surface area contributed by atoms with Gasteiger partial charge in [0.2, 0.25) is 5.91 Å². The summed E-state index contributed by atoms with van der Waals surface area (Å²) in [5, 5.41) is 0. The Morgan fingerprint density at radius 2 is 1.96 bits per heavy atom. The fourth-order valence-corrected chi connectivity index (χ4v) is 2.23. The Bertz CT molecular complexity index is 554. The van der Waals surface area contributed by atoms with Gasteiger partial charge in [0.1, 0.15) is 5.75 Å². The van der Waals surface area contributed by atoms with Crippen molar-refractivity contribution in [1.29, 1.82) is 0 Å². The number of benzene rings is 1. The number of hydrogen-bond donors (Lipinski definition) is 0. The Kier molecular flexibility index (Phi) is 9.27. The number of esters is 1. The van der Waals surface area contributed by atoms with Crippen molar-refractivity contribution in [2.24, 2.45) is 0 Å². The molecule has 132 valence electrons. The summed E-state index contributed by atoms with van der Waals surface area (Å²) in [4.78, 5) is 25.4. The normalized spacial score (nSPS) is 10.6. The molecule has 0 aromatic heterocycles. The maximum Gasteiger partial charge on any atom is 0.307 e. The van der Waals surface area contributed by atoms with Crippen molar-refractivity contribution in [2.75, 3.05) is 27.3 Å². The predicted molar refractivity (Wildman–Crippen MR) is 94.8 cm³/mol. The highest BCUT2D eigenvalue weighted by Crippen LogP contribution is 2.14. The van der Waals surface area contributed by atoms with Gasteiger partial charge < -0.3 is 14.4 Å². The Balaban J connectivity index is 2.69. The first kappa shape index (κ1) is 19.7. The molecule has 0 radical (unpaired) electrons. The minimum atomic E-state index is -0.305. The number of rotatable bonds is 10. The monoisotopic (exact) mass is 333 g/mol. The summed E-state index contributed by atoms with van der Waals surface area (Å²) >= 11 is 0. The van der Waals surface area contributed by atoms with Crippen LogP contribution in [-0.2, 0) is 14.3 Å². The molecule has 5 nitrogen and oxygen atoms in total. The molecule has 0 aliphatic carbocycles. The molecule has 0 aliphatic rings. The topological polar surface area (TPSA) is 55.8 Å². The lowest BCUT2D eigenvalue weighted by Gasteiger charge is -2.20. The third-order valence-electron chi connectivity index (χ3n) is 3.67. The highest BCUT2D eigenvalue weighted by Gasteiger charge is 2.12. The average Bonchev–Trinajstić information content (AvgIpc) is 2.62. The van der Waals surface area contributed by atoms with E-state index in [0.29, 0.717) is 13.1 Å². The van der Waals surface area contributed by atoms with Gasteiger partial charge in [-0.25, -0.2) is 0 Å². The lowest BCUT2D eigenvalue weighted by Crippen LogP contribution is -2.32. The summed E-state index contributed by atoms with van der Waals surface area (Å²) in [5.74, 6) is 0.341. The number of nitrogens with zero attached hydrogens (tertiary/aromatic N) is 1. The van der Waals surface area contributed by atoms with Gasteiger partial charge in [-0.15, -0.1) is 0 Å². The molecule has 0 N–H and O–H groups in total. The van der Waals surface area contributed by atoms with E-state index in [4.69, 9.17) is 4.74 Å². The second-order valence-electron chi connectivity index (χ2n) is 5.47. The molecule has 0 unspecified atom stereocenters. The summed E-state index contributed by atoms with van der Waals surface area (Å²) < 4.78 is 9.82. The molecule has 1 rings (SSSR count). The molecule has 5 heteroatoms. The van der Waals surface area contributed by atoms with Gasteiger partial charge in [0.05, 0.1) is 20.6 Å². The number of methoxy groups -OCH3 is 2. The van der Waals surface area contributed by atoms with E-state index >= 15 is 0 Å². The van der Waals surface area contributed by atoms with Crippen molar-refractivity contribution in [3.63, 3.8) is 0 Å². The van der Waals surface area contributed by atoms with E-state index in [1.165, 1.54) is 13.2 Å². The lowest BCUT2D eigenvalue weighted by molar-refractivity contribution is -0.141. The van der Waals surface area contributed by atoms with Crippen LogP contribution in [0.5, 0.6) is 5.75 Å². The molecule has 0 bridgehead atoms. The molecule has 1 aromatic carbocycles. The fraction of sp³-hybridized carbons (Fsp3) is 0.474. The molecule has 0 fully saturated rings. The van der Waals surface area contributed by atoms with E-state index in [2.05, 4.69) is 11.7 Å². The van der Waals surface area contributed by atoms with E-state index < -0.39 is 0 Å². The molecule has 0 aliphatic heterocycles. The zero-order valence-electron chi connectivity index (χ0n) is 14.8. The smallest absolute Gasteiger partial charge is 0.307 e. The molecule has 1 amide bonds. The summed E-state index contributed by atoms with van der Waals surface area (Å²) in [5.41, 5.74) is 0.893. The summed E-state index contributed by atoms with van der Waals surface area (Å²) in [6.07, 6.45) is 6.58. The maximum absolute atomic E-state index is 12.4. The first-order chi connectivity index (χ1) is 11.6. The van der Waals surface area contributed by atoms with Gasteiger partial charge >= 0.3 is 5.97 Å². The molecular weight excluding hydrogens is 306 g/mol. The molecule has 0 heterocycles. The molecule has 0 atom stereocenters. The van der Waals surface area contributed by atoms with Crippen LogP contribution in [0.1, 0.15) is 38.2 Å². The number of amides is 1. The van der Waals surface area contributed by atoms with Crippen molar-refractivity contribution in [3.05, 3.63) is 35.9 Å². The van der Waals surface area contributed by atoms with Crippen molar-refractivity contribution in [3.8, 4) is 5.75 Å². The van der Waals surface area contributed by atoms with Crippen LogP contribution < -0.4 is 4.74 Å². The van der Waals surface area contributed by atoms with Crippen LogP contribution >= 0.6 is 0 Å². The van der Waals surface area contributed by atoms with Gasteiger partial charge in [-0.1, -0.05) is 31.9 Å². The van der Waals surface area contributed by atoms with E-state index in [0.717, 1.165) is 30.6 Å². The van der Waals surface area contributed by atoms with Gasteiger partial charge in [-0.05, 0) is 30.2 Å². The molecular formula is C19H27NO4. The highest BCUT2D eigenvalue weighted by molar-refractivity contribution is 5.92. The second-order valence-corrected chi connectivity index (χ2v) is 5.47. The van der Waals surface area contributed by atoms with Crippen molar-refractivity contribution in [1.82, 2.24) is 4.90 Å². The Labute approximate surface area is 144 Å². The SMILES string of the molecule is CCCCCN(CCC(=O)OC)C(=O)/C=C/c1cccc(OC)c1. The molecule has 0 saturated carbocycles. The van der Waals surface area contributed by atoms with Crippen LogP contribution in [0.3, 0.4) is 0 Å². The lowest BCUT2D eigenvalue weighted by atomic mass is 10.2. The first-order valence-electron chi connectivity index (χ1n) is 8.28. The van der Waals surface area contributed by atoms with Crippen LogP contribution in [0.25, 0.3) is 6.08 Å². The van der Waals surface area contributed by atoms with E-state index in [9.17, 15) is 9.59 Å². The highest BCUT2D eigenvalue weighted by atomic mass is 16.5. The number of carbonyl (C=O) groups excluding carboxylic acids is 2. The fourth-order valence-electron chi connectivity index (χ4n) is 2.23.